The molecule has 210 valence electrons. The fourth-order valence-electron chi connectivity index (χ4n) is 3.23. The lowest BCUT2D eigenvalue weighted by Gasteiger charge is -2.26. The number of nitrogens with two attached hydrogens (primary N) is 1. The Labute approximate surface area is 234 Å². The van der Waals surface area contributed by atoms with Crippen LogP contribution in [0.15, 0.2) is 52.4 Å². The summed E-state index contributed by atoms with van der Waals surface area (Å²) in [5.41, 5.74) is 6.92. The van der Waals surface area contributed by atoms with E-state index in [1.807, 2.05) is 6.92 Å². The Morgan fingerprint density at radius 3 is 2.59 bits per heavy atom. The molecule has 1 atom stereocenters. The number of carbonyl (C=O) groups excluding carboxylic acids is 1. The highest BCUT2D eigenvalue weighted by atomic mass is 35.5. The molecule has 39 heavy (non-hydrogen) atoms. The number of hydrogen-bond donors (Lipinski definition) is 2. The predicted molar refractivity (Wildman–Crippen MR) is 147 cm³/mol. The van der Waals surface area contributed by atoms with Gasteiger partial charge >= 0.3 is 6.09 Å². The lowest BCUT2D eigenvalue weighted by molar-refractivity contribution is 0.0608. The van der Waals surface area contributed by atoms with Gasteiger partial charge in [-0.15, -0.1) is 15.6 Å². The van der Waals surface area contributed by atoms with Crippen LogP contribution < -0.4 is 15.4 Å². The summed E-state index contributed by atoms with van der Waals surface area (Å²) in [7, 11) is -4.86. The van der Waals surface area contributed by atoms with Crippen LogP contribution in [0.2, 0.25) is 5.02 Å². The van der Waals surface area contributed by atoms with Crippen LogP contribution >= 0.6 is 22.9 Å². The minimum absolute atomic E-state index is 0.0430. The van der Waals surface area contributed by atoms with Crippen molar-refractivity contribution in [1.82, 2.24) is 4.98 Å². The van der Waals surface area contributed by atoms with Crippen molar-refractivity contribution in [3.05, 3.63) is 75.3 Å². The highest BCUT2D eigenvalue weighted by Gasteiger charge is 2.38. The van der Waals surface area contributed by atoms with E-state index in [1.54, 1.807) is 26.8 Å². The van der Waals surface area contributed by atoms with Crippen molar-refractivity contribution >= 4 is 56.6 Å². The fraction of sp³-hybridized carbons (Fsp3) is 0.280. The summed E-state index contributed by atoms with van der Waals surface area (Å²) in [6, 6.07) is 5.82. The lowest BCUT2D eigenvalue weighted by Crippen LogP contribution is -2.41. The van der Waals surface area contributed by atoms with E-state index in [0.717, 1.165) is 23.5 Å². The van der Waals surface area contributed by atoms with Gasteiger partial charge in [0.25, 0.3) is 10.0 Å². The molecule has 0 saturated heterocycles. The average Bonchev–Trinajstić information content (AvgIpc) is 3.35. The number of halogens is 3. The van der Waals surface area contributed by atoms with Gasteiger partial charge in [-0.1, -0.05) is 17.7 Å². The molecule has 1 aromatic heterocycles. The summed E-state index contributed by atoms with van der Waals surface area (Å²) in [6.45, 7) is 6.91. The highest BCUT2D eigenvalue weighted by molar-refractivity contribution is 7.93. The van der Waals surface area contributed by atoms with E-state index in [0.29, 0.717) is 12.2 Å². The molecule has 1 amide bonds. The van der Waals surface area contributed by atoms with Crippen LogP contribution in [-0.4, -0.2) is 31.7 Å². The Kier molecular flexibility index (Phi) is 9.54. The number of anilines is 2. The van der Waals surface area contributed by atoms with E-state index in [1.165, 1.54) is 35.4 Å². The van der Waals surface area contributed by atoms with Gasteiger partial charge in [0.05, 0.1) is 29.1 Å². The number of ether oxygens (including phenoxy) is 2. The molecule has 1 heterocycles. The normalized spacial score (nSPS) is 12.8. The van der Waals surface area contributed by atoms with Crippen molar-refractivity contribution in [2.24, 2.45) is 5.73 Å². The molecular weight excluding hydrogens is 574 g/mol. The van der Waals surface area contributed by atoms with Crippen LogP contribution in [-0.2, 0) is 19.5 Å². The van der Waals surface area contributed by atoms with E-state index >= 15 is 4.39 Å². The Bertz CT molecular complexity index is 1460. The second-order valence-corrected chi connectivity index (χ2v) is 11.9. The van der Waals surface area contributed by atoms with Crippen molar-refractivity contribution < 1.29 is 31.5 Å². The number of amides is 1. The number of carbonyl (C=O) groups is 1. The Hall–Kier alpha value is -3.26. The average molecular weight is 601 g/mol. The fourth-order valence-corrected chi connectivity index (χ4v) is 5.45. The molecule has 0 saturated carbocycles. The molecule has 3 rings (SSSR count). The number of aromatic nitrogens is 1. The summed E-state index contributed by atoms with van der Waals surface area (Å²) in [5, 5.41) is 3.74. The van der Waals surface area contributed by atoms with Gasteiger partial charge in [0.1, 0.15) is 28.3 Å². The molecule has 9 nitrogen and oxygen atoms in total. The Morgan fingerprint density at radius 1 is 1.26 bits per heavy atom. The first-order chi connectivity index (χ1) is 18.2. The zero-order valence-electron chi connectivity index (χ0n) is 21.4. The smallest absolute Gasteiger partial charge is 0.430 e. The number of thiazole rings is 1. The summed E-state index contributed by atoms with van der Waals surface area (Å²) < 4.78 is 67.3. The molecule has 3 aromatic rings. The molecule has 14 heteroatoms. The highest BCUT2D eigenvalue weighted by Crippen LogP contribution is 2.34. The van der Waals surface area contributed by atoms with Crippen molar-refractivity contribution in [2.75, 3.05) is 16.2 Å². The molecular formula is C25H27ClF2N4O5S2. The quantitative estimate of drug-likeness (QED) is 0.217. The van der Waals surface area contributed by atoms with E-state index in [-0.39, 0.29) is 26.4 Å². The Balaban J connectivity index is 1.95. The number of rotatable bonds is 9. The van der Waals surface area contributed by atoms with Crippen molar-refractivity contribution in [3.63, 3.8) is 0 Å². The SMILES string of the molecule is CCO/C=C/c1ccc(F)c([C@H](N)Nc2cc(F)c(S(=O)(=O)N(C(=O)OC(C)(C)C)c3cscn3)cc2Cl)c1. The van der Waals surface area contributed by atoms with E-state index in [2.05, 4.69) is 10.3 Å². The second kappa shape index (κ2) is 12.3. The van der Waals surface area contributed by atoms with E-state index in [9.17, 15) is 17.6 Å². The molecule has 0 aliphatic heterocycles. The molecule has 0 radical (unpaired) electrons. The molecule has 0 aliphatic rings. The third kappa shape index (κ3) is 7.44. The van der Waals surface area contributed by atoms with Crippen molar-refractivity contribution in [2.45, 2.75) is 44.4 Å². The monoisotopic (exact) mass is 600 g/mol. The largest absolute Gasteiger partial charge is 0.501 e. The third-order valence-electron chi connectivity index (χ3n) is 4.92. The van der Waals surface area contributed by atoms with Gasteiger partial charge in [0.15, 0.2) is 5.82 Å². The molecule has 0 aliphatic carbocycles. The van der Waals surface area contributed by atoms with Crippen LogP contribution in [0.25, 0.3) is 6.08 Å². The number of hydrogen-bond acceptors (Lipinski definition) is 9. The third-order valence-corrected chi connectivity index (χ3v) is 7.49. The first-order valence-corrected chi connectivity index (χ1v) is 14.3. The van der Waals surface area contributed by atoms with Crippen LogP contribution in [0.3, 0.4) is 0 Å². The maximum Gasteiger partial charge on any atom is 0.430 e. The molecule has 0 bridgehead atoms. The minimum Gasteiger partial charge on any atom is -0.501 e. The van der Waals surface area contributed by atoms with Crippen LogP contribution in [0.5, 0.6) is 0 Å². The van der Waals surface area contributed by atoms with Gasteiger partial charge in [0, 0.05) is 10.9 Å². The molecule has 2 aromatic carbocycles. The zero-order valence-corrected chi connectivity index (χ0v) is 23.8. The predicted octanol–water partition coefficient (Wildman–Crippen LogP) is 6.28. The zero-order chi connectivity index (χ0) is 29.0. The standard InChI is InChI=1S/C25H27ClF2N4O5S2/c1-5-36-9-8-15-6-7-18(27)16(10-15)23(29)31-20-12-19(28)21(11-17(20)26)39(34,35)32(22-13-38-14-30-22)24(33)37-25(2,3)4/h6-14,23,31H,5,29H2,1-4H3/b9-8+/t23-/m1/s1. The molecule has 0 spiro atoms. The van der Waals surface area contributed by atoms with E-state index < -0.39 is 44.4 Å². The van der Waals surface area contributed by atoms with Gasteiger partial charge in [-0.3, -0.25) is 0 Å². The minimum atomic E-state index is -4.86. The maximum atomic E-state index is 15.3. The number of nitrogens with zero attached hydrogens (tertiary/aromatic N) is 2. The summed E-state index contributed by atoms with van der Waals surface area (Å²) in [4.78, 5) is 15.8. The molecule has 3 N–H and O–H groups in total. The Morgan fingerprint density at radius 2 is 1.97 bits per heavy atom. The van der Waals surface area contributed by atoms with Crippen LogP contribution in [0.4, 0.5) is 25.1 Å². The number of benzene rings is 2. The second-order valence-electron chi connectivity index (χ2n) is 9.02. The van der Waals surface area contributed by atoms with Gasteiger partial charge in [-0.25, -0.2) is 27.0 Å². The molecule has 0 fully saturated rings. The first kappa shape index (κ1) is 30.3. The summed E-state index contributed by atoms with van der Waals surface area (Å²) in [6.07, 6.45) is 0.609. The molecule has 0 unspecified atom stereocenters. The van der Waals surface area contributed by atoms with Crippen molar-refractivity contribution in [3.8, 4) is 0 Å². The maximum absolute atomic E-state index is 15.3. The van der Waals surface area contributed by atoms with Crippen molar-refractivity contribution in [1.29, 1.82) is 0 Å². The number of sulfonamides is 1. The first-order valence-electron chi connectivity index (χ1n) is 11.5. The van der Waals surface area contributed by atoms with Gasteiger partial charge in [-0.2, -0.15) is 0 Å². The summed E-state index contributed by atoms with van der Waals surface area (Å²) >= 11 is 7.32. The summed E-state index contributed by atoms with van der Waals surface area (Å²) in [5.74, 6) is -2.15. The van der Waals surface area contributed by atoms with Gasteiger partial charge in [0.2, 0.25) is 0 Å². The lowest BCUT2D eigenvalue weighted by atomic mass is 10.1. The van der Waals surface area contributed by atoms with E-state index in [4.69, 9.17) is 26.8 Å². The van der Waals surface area contributed by atoms with Crippen LogP contribution in [0, 0.1) is 11.6 Å². The van der Waals surface area contributed by atoms with Gasteiger partial charge in [-0.05, 0) is 63.6 Å². The number of nitrogens with one attached hydrogen (secondary N) is 1. The topological polar surface area (TPSA) is 124 Å². The van der Waals surface area contributed by atoms with Crippen LogP contribution in [0.1, 0.15) is 45.0 Å². The van der Waals surface area contributed by atoms with Gasteiger partial charge < -0.3 is 20.5 Å².